The van der Waals surface area contributed by atoms with E-state index in [0.29, 0.717) is 36.5 Å². The average Bonchev–Trinajstić information content (AvgIpc) is 2.74. The molecule has 3 amide bonds. The molecule has 0 aliphatic carbocycles. The standard InChI is InChI=1S/C22H27N3O3.CH4O/c1-5-23-20-16(13-26)9-7-11-18(20)21(27)25-22(28)24-12-19-15(4)8-6-10-17(19)14(2)3;1-2/h6-11,13-14,23H,5,12H2,1-4H3,(H2,24,25,27,28);2H,1H3. The molecular weight excluding hydrogens is 382 g/mol. The smallest absolute Gasteiger partial charge is 0.321 e. The predicted molar refractivity (Wildman–Crippen MR) is 119 cm³/mol. The van der Waals surface area contributed by atoms with Crippen LogP contribution in [-0.4, -0.2) is 37.0 Å². The number of nitrogens with one attached hydrogen (secondary N) is 3. The third-order valence-corrected chi connectivity index (χ3v) is 4.54. The summed E-state index contributed by atoms with van der Waals surface area (Å²) in [5, 5.41) is 15.1. The maximum absolute atomic E-state index is 12.5. The van der Waals surface area contributed by atoms with Gasteiger partial charge in [-0.05, 0) is 48.6 Å². The van der Waals surface area contributed by atoms with E-state index in [9.17, 15) is 14.4 Å². The number of urea groups is 1. The number of anilines is 1. The number of aliphatic hydroxyl groups is 1. The Morgan fingerprint density at radius 1 is 1.10 bits per heavy atom. The van der Waals surface area contributed by atoms with Gasteiger partial charge in [0.1, 0.15) is 0 Å². The van der Waals surface area contributed by atoms with Gasteiger partial charge in [-0.15, -0.1) is 0 Å². The van der Waals surface area contributed by atoms with Crippen LogP contribution in [0.15, 0.2) is 36.4 Å². The van der Waals surface area contributed by atoms with Crippen molar-refractivity contribution in [3.63, 3.8) is 0 Å². The predicted octanol–water partition coefficient (Wildman–Crippen LogP) is 3.61. The zero-order chi connectivity index (χ0) is 22.7. The monoisotopic (exact) mass is 413 g/mol. The van der Waals surface area contributed by atoms with Crippen LogP contribution >= 0.6 is 0 Å². The van der Waals surface area contributed by atoms with E-state index in [1.807, 2.05) is 32.0 Å². The van der Waals surface area contributed by atoms with E-state index >= 15 is 0 Å². The van der Waals surface area contributed by atoms with Crippen molar-refractivity contribution >= 4 is 23.9 Å². The highest BCUT2D eigenvalue weighted by atomic mass is 16.2. The zero-order valence-corrected chi connectivity index (χ0v) is 18.2. The van der Waals surface area contributed by atoms with Crippen LogP contribution in [0.5, 0.6) is 0 Å². The van der Waals surface area contributed by atoms with E-state index < -0.39 is 11.9 Å². The summed E-state index contributed by atoms with van der Waals surface area (Å²) in [5.41, 5.74) is 4.35. The number of aldehydes is 1. The summed E-state index contributed by atoms with van der Waals surface area (Å²) >= 11 is 0. The Hall–Kier alpha value is -3.19. The molecule has 0 unspecified atom stereocenters. The summed E-state index contributed by atoms with van der Waals surface area (Å²) in [6.07, 6.45) is 0.681. The SMILES string of the molecule is CCNc1c(C=O)cccc1C(=O)NC(=O)NCc1c(C)cccc1C(C)C.CO. The fourth-order valence-electron chi connectivity index (χ4n) is 3.12. The van der Waals surface area contributed by atoms with Gasteiger partial charge in [-0.25, -0.2) is 4.79 Å². The molecule has 0 bridgehead atoms. The first-order chi connectivity index (χ1) is 14.4. The van der Waals surface area contributed by atoms with Crippen LogP contribution in [0.3, 0.4) is 0 Å². The van der Waals surface area contributed by atoms with Crippen LogP contribution in [0, 0.1) is 6.92 Å². The fraction of sp³-hybridized carbons (Fsp3) is 0.348. The van der Waals surface area contributed by atoms with Crippen molar-refractivity contribution < 1.29 is 19.5 Å². The summed E-state index contributed by atoms with van der Waals surface area (Å²) in [6, 6.07) is 10.3. The minimum Gasteiger partial charge on any atom is -0.400 e. The van der Waals surface area contributed by atoms with Crippen LogP contribution < -0.4 is 16.0 Å². The van der Waals surface area contributed by atoms with Crippen molar-refractivity contribution in [2.45, 2.75) is 40.2 Å². The maximum Gasteiger partial charge on any atom is 0.321 e. The number of rotatable bonds is 7. The van der Waals surface area contributed by atoms with Gasteiger partial charge in [-0.3, -0.25) is 14.9 Å². The summed E-state index contributed by atoms with van der Waals surface area (Å²) in [5.74, 6) is -0.235. The largest absolute Gasteiger partial charge is 0.400 e. The van der Waals surface area contributed by atoms with Crippen LogP contribution in [0.1, 0.15) is 64.1 Å². The van der Waals surface area contributed by atoms with E-state index in [-0.39, 0.29) is 5.56 Å². The topological polar surface area (TPSA) is 108 Å². The average molecular weight is 414 g/mol. The molecule has 0 saturated heterocycles. The second kappa shape index (κ2) is 12.4. The van der Waals surface area contributed by atoms with Crippen molar-refractivity contribution in [3.05, 3.63) is 64.2 Å². The minimum atomic E-state index is -0.582. The number of imide groups is 1. The van der Waals surface area contributed by atoms with E-state index in [1.165, 1.54) is 5.56 Å². The Balaban J connectivity index is 0.00000218. The second-order valence-corrected chi connectivity index (χ2v) is 6.85. The summed E-state index contributed by atoms with van der Waals surface area (Å²) in [4.78, 5) is 36.1. The summed E-state index contributed by atoms with van der Waals surface area (Å²) in [6.45, 7) is 8.94. The lowest BCUT2D eigenvalue weighted by atomic mass is 9.94. The van der Waals surface area contributed by atoms with Gasteiger partial charge in [0, 0.05) is 25.8 Å². The number of hydrogen-bond donors (Lipinski definition) is 4. The van der Waals surface area contributed by atoms with Crippen LogP contribution in [0.25, 0.3) is 0 Å². The lowest BCUT2D eigenvalue weighted by Gasteiger charge is -2.16. The second-order valence-electron chi connectivity index (χ2n) is 6.85. The summed E-state index contributed by atoms with van der Waals surface area (Å²) < 4.78 is 0. The first-order valence-electron chi connectivity index (χ1n) is 9.83. The van der Waals surface area contributed by atoms with Crippen molar-refractivity contribution in [3.8, 4) is 0 Å². The van der Waals surface area contributed by atoms with Gasteiger partial charge >= 0.3 is 6.03 Å². The van der Waals surface area contributed by atoms with Gasteiger partial charge in [0.05, 0.1) is 11.3 Å². The molecule has 0 aromatic heterocycles. The Labute approximate surface area is 177 Å². The number of aliphatic hydroxyl groups excluding tert-OH is 1. The molecule has 4 N–H and O–H groups in total. The molecule has 0 fully saturated rings. The van der Waals surface area contributed by atoms with Crippen LogP contribution in [0.2, 0.25) is 0 Å². The molecular formula is C23H31N3O4. The normalized spacial score (nSPS) is 9.97. The van der Waals surface area contributed by atoms with Gasteiger partial charge in [0.2, 0.25) is 0 Å². The van der Waals surface area contributed by atoms with E-state index in [1.54, 1.807) is 18.2 Å². The van der Waals surface area contributed by atoms with Crippen LogP contribution in [0.4, 0.5) is 10.5 Å². The number of hydrogen-bond acceptors (Lipinski definition) is 5. The number of amides is 3. The van der Waals surface area contributed by atoms with Gasteiger partial charge in [0.25, 0.3) is 5.91 Å². The highest BCUT2D eigenvalue weighted by Crippen LogP contribution is 2.22. The van der Waals surface area contributed by atoms with E-state index in [2.05, 4.69) is 29.8 Å². The third-order valence-electron chi connectivity index (χ3n) is 4.54. The first-order valence-corrected chi connectivity index (χ1v) is 9.83. The molecule has 0 atom stereocenters. The minimum absolute atomic E-state index is 0.250. The fourth-order valence-corrected chi connectivity index (χ4v) is 3.12. The molecule has 0 radical (unpaired) electrons. The van der Waals surface area contributed by atoms with Gasteiger partial charge < -0.3 is 15.7 Å². The number of carbonyl (C=O) groups is 3. The molecule has 2 aromatic rings. The molecule has 7 heteroatoms. The van der Waals surface area contributed by atoms with Crippen molar-refractivity contribution in [1.29, 1.82) is 0 Å². The molecule has 2 aromatic carbocycles. The lowest BCUT2D eigenvalue weighted by Crippen LogP contribution is -2.39. The zero-order valence-electron chi connectivity index (χ0n) is 18.2. The van der Waals surface area contributed by atoms with E-state index in [0.717, 1.165) is 18.2 Å². The van der Waals surface area contributed by atoms with Gasteiger partial charge in [-0.1, -0.05) is 38.1 Å². The van der Waals surface area contributed by atoms with Crippen molar-refractivity contribution in [2.75, 3.05) is 19.0 Å². The molecule has 7 nitrogen and oxygen atoms in total. The lowest BCUT2D eigenvalue weighted by molar-refractivity contribution is 0.0964. The number of para-hydroxylation sites is 1. The molecule has 0 saturated carbocycles. The molecule has 0 spiro atoms. The Bertz CT molecular complexity index is 879. The number of benzene rings is 2. The Morgan fingerprint density at radius 3 is 2.37 bits per heavy atom. The van der Waals surface area contributed by atoms with Crippen LogP contribution in [-0.2, 0) is 6.54 Å². The molecule has 0 aliphatic heterocycles. The van der Waals surface area contributed by atoms with Gasteiger partial charge in [-0.2, -0.15) is 0 Å². The maximum atomic E-state index is 12.5. The summed E-state index contributed by atoms with van der Waals surface area (Å²) in [7, 11) is 1.00. The molecule has 2 rings (SSSR count). The van der Waals surface area contributed by atoms with Crippen molar-refractivity contribution in [2.24, 2.45) is 0 Å². The van der Waals surface area contributed by atoms with Crippen molar-refractivity contribution in [1.82, 2.24) is 10.6 Å². The number of carbonyl (C=O) groups excluding carboxylic acids is 3. The molecule has 0 heterocycles. The highest BCUT2D eigenvalue weighted by molar-refractivity contribution is 6.09. The Morgan fingerprint density at radius 2 is 1.77 bits per heavy atom. The highest BCUT2D eigenvalue weighted by Gasteiger charge is 2.17. The van der Waals surface area contributed by atoms with E-state index in [4.69, 9.17) is 5.11 Å². The molecule has 30 heavy (non-hydrogen) atoms. The third kappa shape index (κ3) is 6.42. The molecule has 162 valence electrons. The van der Waals surface area contributed by atoms with Gasteiger partial charge in [0.15, 0.2) is 6.29 Å². The first kappa shape index (κ1) is 24.8. The molecule has 0 aliphatic rings. The number of aryl methyl sites for hydroxylation is 1. The quantitative estimate of drug-likeness (QED) is 0.519. The Kier molecular flexibility index (Phi) is 10.3.